The van der Waals surface area contributed by atoms with Crippen molar-refractivity contribution in [3.8, 4) is 0 Å². The van der Waals surface area contributed by atoms with E-state index in [1.807, 2.05) is 23.2 Å². The summed E-state index contributed by atoms with van der Waals surface area (Å²) in [4.78, 5) is 0. The van der Waals surface area contributed by atoms with Gasteiger partial charge >= 0.3 is 0 Å². The fourth-order valence-electron chi connectivity index (χ4n) is 22.8. The summed E-state index contributed by atoms with van der Waals surface area (Å²) in [6, 6.07) is 3.61. The van der Waals surface area contributed by atoms with Gasteiger partial charge in [0.25, 0.3) is 0 Å². The van der Waals surface area contributed by atoms with Gasteiger partial charge in [0.1, 0.15) is 0 Å². The van der Waals surface area contributed by atoms with Crippen molar-refractivity contribution in [3.05, 3.63) is 11.1 Å². The standard InChI is InChI=1S/C38H90Si11/c1-29(2)44(30(3)4)42-27-37(17)38(18)28-43(42)46(33(9)10,34(11)12)48(44,39(19,20)21)41(25,26)49(40(22,23)24,45(42,31(5)6)32(7)8)47(43,35(13)14)36(15)16/h29-36H,27-28H2,1-26H3. The van der Waals surface area contributed by atoms with Crippen LogP contribution in [0.2, 0.25) is 109 Å². The Bertz CT molecular complexity index is 1160. The monoisotopic (exact) mass is 854 g/mol. The lowest BCUT2D eigenvalue weighted by molar-refractivity contribution is 0.923. The molecule has 0 atom stereocenters. The van der Waals surface area contributed by atoms with Crippen molar-refractivity contribution in [3.63, 3.8) is 0 Å². The van der Waals surface area contributed by atoms with E-state index in [4.69, 9.17) is 0 Å². The third-order valence-electron chi connectivity index (χ3n) is 19.2. The van der Waals surface area contributed by atoms with E-state index < -0.39 is 76.3 Å². The number of hydrogen-bond acceptors (Lipinski definition) is 0. The highest BCUT2D eigenvalue weighted by molar-refractivity contribution is 8.59. The van der Waals surface area contributed by atoms with Crippen LogP contribution in [0.15, 0.2) is 11.1 Å². The molecular formula is C38H90Si11. The molecule has 5 heterocycles. The first-order valence-electron chi connectivity index (χ1n) is 21.5. The molecule has 5 aliphatic rings. The van der Waals surface area contributed by atoms with Gasteiger partial charge in [-0.3, -0.25) is 0 Å². The van der Waals surface area contributed by atoms with E-state index in [0.29, 0.717) is 0 Å². The molecule has 4 fully saturated rings. The van der Waals surface area contributed by atoms with E-state index in [2.05, 4.69) is 177 Å². The van der Waals surface area contributed by atoms with Gasteiger partial charge < -0.3 is 0 Å². The fraction of sp³-hybridized carbons (Fsp3) is 0.947. The number of hydrogen-bond donors (Lipinski definition) is 0. The molecule has 11 heteroatoms. The Morgan fingerprint density at radius 1 is 0.367 bits per heavy atom. The van der Waals surface area contributed by atoms with Crippen LogP contribution in [-0.4, -0.2) is 76.3 Å². The van der Waals surface area contributed by atoms with Crippen molar-refractivity contribution in [1.29, 1.82) is 0 Å². The first-order chi connectivity index (χ1) is 21.8. The topological polar surface area (TPSA) is 0 Å². The van der Waals surface area contributed by atoms with Crippen LogP contribution in [0, 0.1) is 0 Å². The van der Waals surface area contributed by atoms with Crippen LogP contribution in [0.5, 0.6) is 0 Å². The Kier molecular flexibility index (Phi) is 10.8. The molecule has 0 amide bonds. The van der Waals surface area contributed by atoms with Gasteiger partial charge in [0, 0.05) is 76.3 Å². The minimum atomic E-state index is -1.83. The zero-order valence-corrected chi connectivity index (χ0v) is 49.5. The van der Waals surface area contributed by atoms with E-state index in [9.17, 15) is 0 Å². The predicted octanol–water partition coefficient (Wildman–Crippen LogP) is 13.7. The van der Waals surface area contributed by atoms with Crippen molar-refractivity contribution < 1.29 is 0 Å². The van der Waals surface area contributed by atoms with E-state index >= 15 is 0 Å². The Morgan fingerprint density at radius 2 is 0.531 bits per heavy atom. The lowest BCUT2D eigenvalue weighted by Crippen LogP contribution is -3.16. The third-order valence-corrected chi connectivity index (χ3v) is 415. The van der Waals surface area contributed by atoms with Gasteiger partial charge in [-0.1, -0.05) is 219 Å². The van der Waals surface area contributed by atoms with Gasteiger partial charge in [-0.15, -0.1) is 0 Å². The van der Waals surface area contributed by atoms with Crippen LogP contribution in [0.25, 0.3) is 0 Å². The Morgan fingerprint density at radius 3 is 0.653 bits per heavy atom. The number of allylic oxidation sites excluding steroid dienone is 2. The molecular weight excluding hydrogens is 765 g/mol. The smallest absolute Gasteiger partial charge is 0.0352 e. The van der Waals surface area contributed by atoms with Crippen molar-refractivity contribution in [1.82, 2.24) is 0 Å². The maximum Gasteiger partial charge on any atom is 0.0352 e. The second-order valence-corrected chi connectivity index (χ2v) is 164. The highest BCUT2D eigenvalue weighted by Crippen LogP contribution is 2.88. The van der Waals surface area contributed by atoms with E-state index in [1.54, 1.807) is 0 Å². The van der Waals surface area contributed by atoms with E-state index in [0.717, 1.165) is 44.3 Å². The van der Waals surface area contributed by atoms with Crippen LogP contribution in [0.1, 0.15) is 125 Å². The molecule has 5 aliphatic heterocycles. The van der Waals surface area contributed by atoms with Crippen molar-refractivity contribution in [2.45, 2.75) is 233 Å². The average Bonchev–Trinajstić information content (AvgIpc) is 3.17. The summed E-state index contributed by atoms with van der Waals surface area (Å²) in [6.45, 7) is 76.4. The summed E-state index contributed by atoms with van der Waals surface area (Å²) in [6.07, 6.45) is -3.54. The van der Waals surface area contributed by atoms with Crippen LogP contribution in [0.3, 0.4) is 0 Å². The molecule has 2 spiro atoms. The normalized spacial score (nSPS) is 35.9. The minimum absolute atomic E-state index is 1.04. The summed E-state index contributed by atoms with van der Waals surface area (Å²) < 4.78 is 0. The van der Waals surface area contributed by atoms with Crippen molar-refractivity contribution >= 4 is 76.3 Å². The predicted molar refractivity (Wildman–Crippen MR) is 259 cm³/mol. The Hall–Kier alpha value is 2.13. The summed E-state index contributed by atoms with van der Waals surface area (Å²) in [7, 11) is -12.2. The highest BCUT2D eigenvalue weighted by atomic mass is 30.8. The van der Waals surface area contributed by atoms with Gasteiger partial charge in [0.05, 0.1) is 0 Å². The maximum absolute atomic E-state index is 3.47. The van der Waals surface area contributed by atoms with Gasteiger partial charge in [-0.05, 0) is 25.9 Å². The Balaban J connectivity index is 2.89. The second kappa shape index (κ2) is 12.1. The second-order valence-electron chi connectivity index (χ2n) is 24.1. The van der Waals surface area contributed by atoms with Gasteiger partial charge in [-0.2, -0.15) is 0 Å². The molecule has 0 saturated carbocycles. The van der Waals surface area contributed by atoms with Crippen molar-refractivity contribution in [2.24, 2.45) is 0 Å². The Labute approximate surface area is 318 Å². The first-order valence-corrected chi connectivity index (χ1v) is 61.5. The molecule has 0 aromatic rings. The molecule has 4 saturated heterocycles. The van der Waals surface area contributed by atoms with Gasteiger partial charge in [0.2, 0.25) is 0 Å². The molecule has 0 aromatic carbocycles. The summed E-state index contributed by atoms with van der Waals surface area (Å²) in [5, 5.41) is 0. The minimum Gasteiger partial charge on any atom is -0.0781 e. The average molecular weight is 856 g/mol. The van der Waals surface area contributed by atoms with E-state index in [1.165, 1.54) is 0 Å². The highest BCUT2D eigenvalue weighted by Gasteiger charge is 3.13. The summed E-state index contributed by atoms with van der Waals surface area (Å²) in [5.41, 5.74) is 12.4. The summed E-state index contributed by atoms with van der Waals surface area (Å²) >= 11 is 0. The summed E-state index contributed by atoms with van der Waals surface area (Å²) in [5.74, 6) is 0. The van der Waals surface area contributed by atoms with Crippen LogP contribution in [0.4, 0.5) is 0 Å². The third kappa shape index (κ3) is 3.54. The van der Waals surface area contributed by atoms with Crippen LogP contribution >= 0.6 is 0 Å². The first kappa shape index (κ1) is 43.8. The molecule has 5 rings (SSSR count). The SMILES string of the molecule is CC1=C(C)C[Si]23[Si](C(C)C)(C(C)C)[Si]4([Si](C)(C)C)[Si](C)(C)[Si]([Si](C)(C)C)([Si](C(C)C)(C(C)C)[Si]2(C1)[Si]4(C(C)C)C(C)C)[Si]3(C(C)C)C(C)C. The lowest BCUT2D eigenvalue weighted by atomic mass is 10.2. The maximum atomic E-state index is 3.47. The molecule has 4 bridgehead atoms. The van der Waals surface area contributed by atoms with Crippen LogP contribution in [-0.2, 0) is 0 Å². The van der Waals surface area contributed by atoms with Crippen LogP contribution < -0.4 is 0 Å². The molecule has 0 aliphatic carbocycles. The van der Waals surface area contributed by atoms with E-state index in [-0.39, 0.29) is 0 Å². The molecule has 0 aromatic heterocycles. The largest absolute Gasteiger partial charge is 0.0781 e. The zero-order chi connectivity index (χ0) is 38.7. The fourth-order valence-corrected chi connectivity index (χ4v) is 1030. The molecule has 0 nitrogen and oxygen atoms in total. The molecule has 0 radical (unpaired) electrons. The lowest BCUT2D eigenvalue weighted by Gasteiger charge is -2.87. The zero-order valence-electron chi connectivity index (χ0n) is 38.5. The number of rotatable bonds is 10. The van der Waals surface area contributed by atoms with Gasteiger partial charge in [-0.25, -0.2) is 0 Å². The van der Waals surface area contributed by atoms with Crippen molar-refractivity contribution in [2.75, 3.05) is 0 Å². The molecule has 49 heavy (non-hydrogen) atoms. The molecule has 0 N–H and O–H groups in total. The molecule has 0 unspecified atom stereocenters. The molecule has 286 valence electrons. The van der Waals surface area contributed by atoms with Gasteiger partial charge in [0.15, 0.2) is 0 Å². The quantitative estimate of drug-likeness (QED) is 0.152.